The highest BCUT2D eigenvalue weighted by molar-refractivity contribution is 5.94. The molecular weight excluding hydrogens is 568 g/mol. The molecule has 4 aromatic rings. The number of amides is 4. The Kier molecular flexibility index (Phi) is 9.63. The van der Waals surface area contributed by atoms with E-state index in [0.29, 0.717) is 5.56 Å². The van der Waals surface area contributed by atoms with Gasteiger partial charge in [0.2, 0.25) is 23.6 Å². The molecule has 11 heteroatoms. The van der Waals surface area contributed by atoms with Crippen molar-refractivity contribution in [1.29, 1.82) is 0 Å². The van der Waals surface area contributed by atoms with Crippen molar-refractivity contribution in [2.24, 2.45) is 0 Å². The van der Waals surface area contributed by atoms with Crippen LogP contribution in [-0.4, -0.2) is 53.3 Å². The second kappa shape index (κ2) is 13.9. The number of fused-ring (bicyclic) bond motifs is 1. The zero-order valence-corrected chi connectivity index (χ0v) is 23.9. The van der Waals surface area contributed by atoms with Crippen LogP contribution in [0.25, 0.3) is 10.9 Å². The Balaban J connectivity index is 1.43. The van der Waals surface area contributed by atoms with E-state index in [2.05, 4.69) is 26.3 Å². The van der Waals surface area contributed by atoms with Crippen LogP contribution in [0.15, 0.2) is 79.0 Å². The van der Waals surface area contributed by atoms with Gasteiger partial charge in [0.15, 0.2) is 11.6 Å². The molecule has 2 heterocycles. The maximum atomic E-state index is 13.9. The highest BCUT2D eigenvalue weighted by Crippen LogP contribution is 2.20. The Morgan fingerprint density at radius 2 is 1.36 bits per heavy atom. The van der Waals surface area contributed by atoms with E-state index < -0.39 is 53.4 Å². The predicted molar refractivity (Wildman–Crippen MR) is 160 cm³/mol. The summed E-state index contributed by atoms with van der Waals surface area (Å²) in [5, 5.41) is 12.1. The zero-order valence-electron chi connectivity index (χ0n) is 23.9. The van der Waals surface area contributed by atoms with Gasteiger partial charge in [-0.05, 0) is 41.3 Å². The number of hydrogen-bond acceptors (Lipinski definition) is 4. The summed E-state index contributed by atoms with van der Waals surface area (Å²) in [5.41, 5.74) is 2.87. The van der Waals surface area contributed by atoms with E-state index in [1.54, 1.807) is 6.20 Å². The topological polar surface area (TPSA) is 132 Å². The van der Waals surface area contributed by atoms with Crippen molar-refractivity contribution in [2.45, 2.75) is 50.2 Å². The average molecular weight is 602 g/mol. The summed E-state index contributed by atoms with van der Waals surface area (Å²) in [6.45, 7) is -0.0274. The molecule has 1 saturated heterocycles. The minimum absolute atomic E-state index is 0.0274. The number of aromatic nitrogens is 1. The van der Waals surface area contributed by atoms with Crippen molar-refractivity contribution in [3.63, 3.8) is 0 Å². The standard InChI is InChI=1S/C33H33F2N5O4/c34-25-11-10-21(15-26(25)35)14-23-19-37-30(41)12-13-31(42)39-29(17-22-18-36-27-9-5-4-8-24(22)27)33(44)40-28(32(43)38-23)16-20-6-2-1-3-7-20/h1-11,15,18,23,28-29,36H,12-14,16-17,19H2,(H,37,41)(H,38,43)(H,39,42)(H,40,44)/t23-,28+,29+/m1/s1. The van der Waals surface area contributed by atoms with Gasteiger partial charge in [0.05, 0.1) is 6.04 Å². The lowest BCUT2D eigenvalue weighted by molar-refractivity contribution is -0.133. The third kappa shape index (κ3) is 7.85. The van der Waals surface area contributed by atoms with E-state index in [4.69, 9.17) is 0 Å². The molecule has 0 saturated carbocycles. The van der Waals surface area contributed by atoms with E-state index in [1.807, 2.05) is 54.6 Å². The number of H-pyrrole nitrogens is 1. The van der Waals surface area contributed by atoms with E-state index in [1.165, 1.54) is 6.07 Å². The van der Waals surface area contributed by atoms with Crippen molar-refractivity contribution in [1.82, 2.24) is 26.3 Å². The molecule has 228 valence electrons. The van der Waals surface area contributed by atoms with Crippen LogP contribution < -0.4 is 21.3 Å². The minimum atomic E-state index is -1.04. The van der Waals surface area contributed by atoms with Crippen molar-refractivity contribution < 1.29 is 28.0 Å². The second-order valence-corrected chi connectivity index (χ2v) is 10.9. The Morgan fingerprint density at radius 3 is 2.16 bits per heavy atom. The molecule has 0 radical (unpaired) electrons. The number of aromatic amines is 1. The summed E-state index contributed by atoms with van der Waals surface area (Å²) in [4.78, 5) is 56.2. The molecular formula is C33H33F2N5O4. The molecule has 3 aromatic carbocycles. The lowest BCUT2D eigenvalue weighted by atomic mass is 10.0. The van der Waals surface area contributed by atoms with Gasteiger partial charge in [0.25, 0.3) is 0 Å². The number of hydrogen-bond donors (Lipinski definition) is 5. The normalized spacial score (nSPS) is 20.3. The van der Waals surface area contributed by atoms with Gasteiger partial charge >= 0.3 is 0 Å². The number of para-hydroxylation sites is 1. The molecule has 0 spiro atoms. The molecule has 3 atom stereocenters. The van der Waals surface area contributed by atoms with Gasteiger partial charge in [-0.1, -0.05) is 54.6 Å². The van der Waals surface area contributed by atoms with Gasteiger partial charge in [-0.2, -0.15) is 0 Å². The first-order chi connectivity index (χ1) is 21.2. The Bertz CT molecular complexity index is 1660. The fraction of sp³-hybridized carbons (Fsp3) is 0.273. The number of nitrogens with one attached hydrogen (secondary N) is 5. The Morgan fingerprint density at radius 1 is 0.659 bits per heavy atom. The maximum Gasteiger partial charge on any atom is 0.243 e. The van der Waals surface area contributed by atoms with Crippen LogP contribution in [0.1, 0.15) is 29.5 Å². The highest BCUT2D eigenvalue weighted by atomic mass is 19.2. The summed E-state index contributed by atoms with van der Waals surface area (Å²) in [6.07, 6.45) is 1.86. The van der Waals surface area contributed by atoms with E-state index in [-0.39, 0.29) is 38.6 Å². The molecule has 1 aromatic heterocycles. The SMILES string of the molecule is O=C1CCC(=O)N[C@@H](Cc2c[nH]c3ccccc23)C(=O)N[C@@H](Cc2ccccc2)C(=O)N[C@H](Cc2ccc(F)c(F)c2)CN1. The molecule has 0 aliphatic carbocycles. The number of halogens is 2. The quantitative estimate of drug-likeness (QED) is 0.233. The molecule has 1 aliphatic heterocycles. The molecule has 5 rings (SSSR count). The van der Waals surface area contributed by atoms with E-state index in [0.717, 1.165) is 34.2 Å². The second-order valence-electron chi connectivity index (χ2n) is 10.9. The predicted octanol–water partition coefficient (Wildman–Crippen LogP) is 2.84. The molecule has 4 amide bonds. The number of rotatable bonds is 6. The first kappa shape index (κ1) is 30.4. The molecule has 1 fully saturated rings. The van der Waals surface area contributed by atoms with Crippen molar-refractivity contribution in [2.75, 3.05) is 6.54 Å². The van der Waals surface area contributed by atoms with Crippen LogP contribution in [0, 0.1) is 11.6 Å². The van der Waals surface area contributed by atoms with Gasteiger partial charge in [-0.25, -0.2) is 8.78 Å². The van der Waals surface area contributed by atoms with Gasteiger partial charge in [0, 0.05) is 49.3 Å². The number of benzene rings is 3. The van der Waals surface area contributed by atoms with Gasteiger partial charge in [-0.15, -0.1) is 0 Å². The average Bonchev–Trinajstić information content (AvgIpc) is 3.42. The van der Waals surface area contributed by atoms with Crippen molar-refractivity contribution in [3.05, 3.63) is 107 Å². The lowest BCUT2D eigenvalue weighted by Crippen LogP contribution is -2.57. The smallest absolute Gasteiger partial charge is 0.243 e. The lowest BCUT2D eigenvalue weighted by Gasteiger charge is -2.27. The van der Waals surface area contributed by atoms with Crippen LogP contribution in [-0.2, 0) is 38.4 Å². The fourth-order valence-corrected chi connectivity index (χ4v) is 5.31. The number of carbonyl (C=O) groups excluding carboxylic acids is 4. The Labute approximate surface area is 252 Å². The third-order valence-electron chi connectivity index (χ3n) is 7.60. The first-order valence-electron chi connectivity index (χ1n) is 14.4. The van der Waals surface area contributed by atoms with Crippen LogP contribution in [0.5, 0.6) is 0 Å². The monoisotopic (exact) mass is 601 g/mol. The van der Waals surface area contributed by atoms with E-state index >= 15 is 0 Å². The van der Waals surface area contributed by atoms with E-state index in [9.17, 15) is 28.0 Å². The molecule has 0 bridgehead atoms. The van der Waals surface area contributed by atoms with Crippen molar-refractivity contribution >= 4 is 34.5 Å². The van der Waals surface area contributed by atoms with Crippen LogP contribution in [0.3, 0.4) is 0 Å². The summed E-state index contributed by atoms with van der Waals surface area (Å²) < 4.78 is 27.5. The summed E-state index contributed by atoms with van der Waals surface area (Å²) >= 11 is 0. The minimum Gasteiger partial charge on any atom is -0.361 e. The van der Waals surface area contributed by atoms with Crippen LogP contribution >= 0.6 is 0 Å². The fourth-order valence-electron chi connectivity index (χ4n) is 5.31. The third-order valence-corrected chi connectivity index (χ3v) is 7.60. The van der Waals surface area contributed by atoms with Gasteiger partial charge < -0.3 is 26.3 Å². The Hall–Kier alpha value is -5.06. The largest absolute Gasteiger partial charge is 0.361 e. The van der Waals surface area contributed by atoms with Gasteiger partial charge in [-0.3, -0.25) is 19.2 Å². The summed E-state index contributed by atoms with van der Waals surface area (Å²) in [7, 11) is 0. The highest BCUT2D eigenvalue weighted by Gasteiger charge is 2.30. The van der Waals surface area contributed by atoms with Gasteiger partial charge in [0.1, 0.15) is 12.1 Å². The molecule has 5 N–H and O–H groups in total. The van der Waals surface area contributed by atoms with Crippen molar-refractivity contribution in [3.8, 4) is 0 Å². The molecule has 1 aliphatic rings. The molecule has 9 nitrogen and oxygen atoms in total. The molecule has 0 unspecified atom stereocenters. The zero-order chi connectivity index (χ0) is 31.1. The summed E-state index contributed by atoms with van der Waals surface area (Å²) in [5.74, 6) is -4.03. The first-order valence-corrected chi connectivity index (χ1v) is 14.4. The molecule has 44 heavy (non-hydrogen) atoms. The van der Waals surface area contributed by atoms with Crippen LogP contribution in [0.2, 0.25) is 0 Å². The summed E-state index contributed by atoms with van der Waals surface area (Å²) in [6, 6.07) is 17.4. The maximum absolute atomic E-state index is 13.9. The van der Waals surface area contributed by atoms with Crippen LogP contribution in [0.4, 0.5) is 8.78 Å². The number of carbonyl (C=O) groups is 4.